The quantitative estimate of drug-likeness (QED) is 0.824. The van der Waals surface area contributed by atoms with Crippen molar-refractivity contribution >= 4 is 16.0 Å². The summed E-state index contributed by atoms with van der Waals surface area (Å²) >= 11 is 0. The molecule has 0 atom stereocenters. The molecule has 1 saturated heterocycles. The fraction of sp³-hybridized carbons (Fsp3) is 0.636. The first kappa shape index (κ1) is 14.9. The van der Waals surface area contributed by atoms with Crippen molar-refractivity contribution in [1.29, 1.82) is 0 Å². The van der Waals surface area contributed by atoms with Gasteiger partial charge in [0.15, 0.2) is 0 Å². The van der Waals surface area contributed by atoms with Crippen LogP contribution in [0.4, 0.5) is 0 Å². The smallest absolute Gasteiger partial charge is 0.325 e. The van der Waals surface area contributed by atoms with Crippen LogP contribution in [0, 0.1) is 0 Å². The van der Waals surface area contributed by atoms with E-state index < -0.39 is 21.6 Å². The largest absolute Gasteiger partial charge is 0.480 e. The van der Waals surface area contributed by atoms with E-state index in [1.165, 1.54) is 16.7 Å². The highest BCUT2D eigenvalue weighted by atomic mass is 32.2. The summed E-state index contributed by atoms with van der Waals surface area (Å²) in [5.41, 5.74) is -0.539. The zero-order chi connectivity index (χ0) is 15.0. The van der Waals surface area contributed by atoms with Crippen molar-refractivity contribution in [2.75, 3.05) is 19.7 Å². The molecule has 112 valence electrons. The molecule has 0 aliphatic carbocycles. The maximum absolute atomic E-state index is 12.4. The Morgan fingerprint density at radius 3 is 2.85 bits per heavy atom. The molecule has 1 aliphatic rings. The Hall–Kier alpha value is -1.45. The molecule has 0 amide bonds. The van der Waals surface area contributed by atoms with Crippen LogP contribution < -0.4 is 0 Å². The van der Waals surface area contributed by atoms with Crippen LogP contribution in [-0.2, 0) is 26.1 Å². The number of sulfonamides is 1. The Bertz CT molecular complexity index is 607. The summed E-state index contributed by atoms with van der Waals surface area (Å²) in [6.45, 7) is 4.12. The van der Waals surface area contributed by atoms with Gasteiger partial charge in [-0.15, -0.1) is 0 Å². The van der Waals surface area contributed by atoms with Crippen LogP contribution in [0.1, 0.15) is 13.8 Å². The van der Waals surface area contributed by atoms with Crippen molar-refractivity contribution in [3.8, 4) is 0 Å². The predicted octanol–water partition coefficient (Wildman–Crippen LogP) is -0.233. The summed E-state index contributed by atoms with van der Waals surface area (Å²) in [4.78, 5) is 10.6. The molecule has 2 heterocycles. The summed E-state index contributed by atoms with van der Waals surface area (Å²) in [5, 5.41) is 12.4. The number of aromatic nitrogens is 2. The minimum Gasteiger partial charge on any atom is -0.480 e. The van der Waals surface area contributed by atoms with Gasteiger partial charge in [-0.1, -0.05) is 0 Å². The van der Waals surface area contributed by atoms with Gasteiger partial charge in [-0.05, 0) is 13.8 Å². The number of carboxylic acid groups (broad SMARTS) is 1. The molecule has 8 nitrogen and oxygen atoms in total. The number of hydrogen-bond acceptors (Lipinski definition) is 5. The van der Waals surface area contributed by atoms with Crippen LogP contribution in [0.25, 0.3) is 0 Å². The third kappa shape index (κ3) is 3.17. The van der Waals surface area contributed by atoms with Crippen molar-refractivity contribution in [3.05, 3.63) is 12.4 Å². The van der Waals surface area contributed by atoms with Gasteiger partial charge in [-0.2, -0.15) is 9.40 Å². The Labute approximate surface area is 117 Å². The average Bonchev–Trinajstić information content (AvgIpc) is 2.75. The Balaban J connectivity index is 2.21. The van der Waals surface area contributed by atoms with E-state index in [2.05, 4.69) is 5.10 Å². The maximum atomic E-state index is 12.4. The normalized spacial score (nSPS) is 19.9. The van der Waals surface area contributed by atoms with Crippen molar-refractivity contribution in [3.63, 3.8) is 0 Å². The lowest BCUT2D eigenvalue weighted by Gasteiger charge is -2.37. The van der Waals surface area contributed by atoms with E-state index in [4.69, 9.17) is 9.84 Å². The monoisotopic (exact) mass is 303 g/mol. The molecule has 2 rings (SSSR count). The van der Waals surface area contributed by atoms with Crippen LogP contribution in [0.3, 0.4) is 0 Å². The van der Waals surface area contributed by atoms with E-state index in [9.17, 15) is 13.2 Å². The molecule has 1 aromatic heterocycles. The molecule has 9 heteroatoms. The van der Waals surface area contributed by atoms with Crippen molar-refractivity contribution in [2.45, 2.75) is 30.9 Å². The second-order valence-electron chi connectivity index (χ2n) is 5.21. The molecule has 20 heavy (non-hydrogen) atoms. The predicted molar refractivity (Wildman–Crippen MR) is 68.7 cm³/mol. The highest BCUT2D eigenvalue weighted by Crippen LogP contribution is 2.23. The molecule has 0 radical (unpaired) electrons. The molecule has 0 aromatic carbocycles. The molecule has 1 fully saturated rings. The van der Waals surface area contributed by atoms with Crippen LogP contribution in [0.5, 0.6) is 0 Å². The second kappa shape index (κ2) is 5.15. The summed E-state index contributed by atoms with van der Waals surface area (Å²) in [6, 6.07) is 0. The summed E-state index contributed by atoms with van der Waals surface area (Å²) in [6.07, 6.45) is 2.40. The molecule has 1 aromatic rings. The van der Waals surface area contributed by atoms with Crippen LogP contribution in [0.2, 0.25) is 0 Å². The zero-order valence-corrected chi connectivity index (χ0v) is 12.1. The van der Waals surface area contributed by atoms with E-state index in [1.54, 1.807) is 0 Å². The first-order chi connectivity index (χ1) is 9.21. The second-order valence-corrected chi connectivity index (χ2v) is 7.15. The van der Waals surface area contributed by atoms with Gasteiger partial charge in [0.25, 0.3) is 0 Å². The molecular weight excluding hydrogens is 286 g/mol. The third-order valence-electron chi connectivity index (χ3n) is 2.94. The Morgan fingerprint density at radius 2 is 2.25 bits per heavy atom. The minimum atomic E-state index is -3.67. The SMILES string of the molecule is CC1(C)CN(S(=O)(=O)c2cnn(CC(=O)O)c2)CCO1. The molecule has 0 spiro atoms. The van der Waals surface area contributed by atoms with Gasteiger partial charge >= 0.3 is 5.97 Å². The number of aliphatic carboxylic acids is 1. The molecule has 1 aliphatic heterocycles. The van der Waals surface area contributed by atoms with E-state index in [-0.39, 0.29) is 24.5 Å². The van der Waals surface area contributed by atoms with Gasteiger partial charge in [0, 0.05) is 19.3 Å². The van der Waals surface area contributed by atoms with Gasteiger partial charge in [-0.25, -0.2) is 8.42 Å². The number of rotatable bonds is 4. The summed E-state index contributed by atoms with van der Waals surface area (Å²) in [7, 11) is -3.67. The third-order valence-corrected chi connectivity index (χ3v) is 4.73. The van der Waals surface area contributed by atoms with E-state index in [0.29, 0.717) is 6.61 Å². The lowest BCUT2D eigenvalue weighted by molar-refractivity contribution is -0.137. The van der Waals surface area contributed by atoms with Gasteiger partial charge in [0.2, 0.25) is 10.0 Å². The van der Waals surface area contributed by atoms with E-state index in [1.807, 2.05) is 13.8 Å². The van der Waals surface area contributed by atoms with Crippen LogP contribution in [0.15, 0.2) is 17.3 Å². The molecule has 0 saturated carbocycles. The van der Waals surface area contributed by atoms with Gasteiger partial charge in [-0.3, -0.25) is 9.48 Å². The number of carboxylic acids is 1. The van der Waals surface area contributed by atoms with Gasteiger partial charge < -0.3 is 9.84 Å². The van der Waals surface area contributed by atoms with Gasteiger partial charge in [0.05, 0.1) is 18.4 Å². The van der Waals surface area contributed by atoms with Gasteiger partial charge in [0.1, 0.15) is 11.4 Å². The Morgan fingerprint density at radius 1 is 1.55 bits per heavy atom. The molecule has 0 unspecified atom stereocenters. The van der Waals surface area contributed by atoms with Crippen molar-refractivity contribution in [1.82, 2.24) is 14.1 Å². The Kier molecular flexibility index (Phi) is 3.85. The van der Waals surface area contributed by atoms with Crippen molar-refractivity contribution in [2.24, 2.45) is 0 Å². The van der Waals surface area contributed by atoms with Crippen LogP contribution >= 0.6 is 0 Å². The van der Waals surface area contributed by atoms with E-state index in [0.717, 1.165) is 4.68 Å². The number of nitrogens with zero attached hydrogens (tertiary/aromatic N) is 3. The lowest BCUT2D eigenvalue weighted by Crippen LogP contribution is -2.50. The highest BCUT2D eigenvalue weighted by Gasteiger charge is 2.35. The number of carbonyl (C=O) groups is 1. The molecular formula is C11H17N3O5S. The lowest BCUT2D eigenvalue weighted by atomic mass is 10.1. The summed E-state index contributed by atoms with van der Waals surface area (Å²) < 4.78 is 32.8. The molecule has 0 bridgehead atoms. The number of hydrogen-bond donors (Lipinski definition) is 1. The molecule has 1 N–H and O–H groups in total. The minimum absolute atomic E-state index is 0.00329. The average molecular weight is 303 g/mol. The zero-order valence-electron chi connectivity index (χ0n) is 11.3. The first-order valence-corrected chi connectivity index (χ1v) is 7.53. The fourth-order valence-corrected chi connectivity index (χ4v) is 3.56. The number of morpholine rings is 1. The first-order valence-electron chi connectivity index (χ1n) is 6.09. The fourth-order valence-electron chi connectivity index (χ4n) is 2.03. The highest BCUT2D eigenvalue weighted by molar-refractivity contribution is 7.89. The number of ether oxygens (including phenoxy) is 1. The summed E-state index contributed by atoms with van der Waals surface area (Å²) in [5.74, 6) is -1.08. The maximum Gasteiger partial charge on any atom is 0.325 e. The van der Waals surface area contributed by atoms with Crippen molar-refractivity contribution < 1.29 is 23.1 Å². The topological polar surface area (TPSA) is 102 Å². The standard InChI is InChI=1S/C11H17N3O5S/c1-11(2)8-14(3-4-19-11)20(17,18)9-5-12-13(6-9)7-10(15)16/h5-6H,3-4,7-8H2,1-2H3,(H,15,16). The van der Waals surface area contributed by atoms with Crippen LogP contribution in [-0.4, -0.2) is 58.9 Å². The van der Waals surface area contributed by atoms with E-state index >= 15 is 0 Å².